The van der Waals surface area contributed by atoms with E-state index in [1.54, 1.807) is 18.3 Å². The highest BCUT2D eigenvalue weighted by Crippen LogP contribution is 2.25. The molecule has 5 nitrogen and oxygen atoms in total. The lowest BCUT2D eigenvalue weighted by molar-refractivity contribution is -0.123. The minimum Gasteiger partial charge on any atom is -0.484 e. The molecule has 0 aliphatic carbocycles. The molecule has 1 heterocycles. The van der Waals surface area contributed by atoms with Gasteiger partial charge < -0.3 is 9.72 Å². The summed E-state index contributed by atoms with van der Waals surface area (Å²) >= 11 is 6.13. The Labute approximate surface area is 157 Å². The topological polar surface area (TPSA) is 66.5 Å². The Morgan fingerprint density at radius 2 is 1.92 bits per heavy atom. The number of nitrogens with zero attached hydrogens (tertiary/aromatic N) is 1. The van der Waals surface area contributed by atoms with Crippen molar-refractivity contribution < 1.29 is 9.53 Å². The van der Waals surface area contributed by atoms with Crippen molar-refractivity contribution in [3.63, 3.8) is 0 Å². The summed E-state index contributed by atoms with van der Waals surface area (Å²) in [5, 5.41) is 5.81. The molecule has 0 aliphatic heterocycles. The second-order valence-corrected chi connectivity index (χ2v) is 6.54. The van der Waals surface area contributed by atoms with Gasteiger partial charge in [-0.25, -0.2) is 5.43 Å². The van der Waals surface area contributed by atoms with Gasteiger partial charge in [-0.05, 0) is 50.1 Å². The molecule has 0 saturated carbocycles. The molecular formula is C20H20ClN3O2. The van der Waals surface area contributed by atoms with Crippen LogP contribution >= 0.6 is 11.6 Å². The fourth-order valence-corrected chi connectivity index (χ4v) is 2.91. The number of aromatic amines is 1. The highest BCUT2D eigenvalue weighted by molar-refractivity contribution is 6.32. The zero-order valence-corrected chi connectivity index (χ0v) is 15.6. The summed E-state index contributed by atoms with van der Waals surface area (Å²) in [5.41, 5.74) is 7.29. The second-order valence-electron chi connectivity index (χ2n) is 6.16. The molecule has 2 N–H and O–H groups in total. The Balaban J connectivity index is 1.60. The van der Waals surface area contributed by atoms with E-state index in [1.807, 2.05) is 45.0 Å². The molecule has 0 saturated heterocycles. The van der Waals surface area contributed by atoms with Gasteiger partial charge in [-0.15, -0.1) is 0 Å². The number of halogens is 1. The number of hydrogen-bond acceptors (Lipinski definition) is 3. The van der Waals surface area contributed by atoms with Crippen LogP contribution in [0.4, 0.5) is 0 Å². The number of hydrogen-bond donors (Lipinski definition) is 2. The Kier molecular flexibility index (Phi) is 5.28. The van der Waals surface area contributed by atoms with Gasteiger partial charge in [0.1, 0.15) is 5.75 Å². The summed E-state index contributed by atoms with van der Waals surface area (Å²) in [6.07, 6.45) is 1.64. The third-order valence-electron chi connectivity index (χ3n) is 4.11. The Bertz CT molecular complexity index is 969. The van der Waals surface area contributed by atoms with Gasteiger partial charge in [-0.1, -0.05) is 29.8 Å². The molecule has 3 aromatic rings. The van der Waals surface area contributed by atoms with Crippen LogP contribution in [0.1, 0.15) is 22.4 Å². The van der Waals surface area contributed by atoms with Crippen LogP contribution in [0.15, 0.2) is 41.5 Å². The van der Waals surface area contributed by atoms with E-state index in [4.69, 9.17) is 16.3 Å². The number of hydrazone groups is 1. The molecule has 0 bridgehead atoms. The number of benzene rings is 2. The minimum atomic E-state index is -0.330. The Morgan fingerprint density at radius 1 is 1.23 bits per heavy atom. The van der Waals surface area contributed by atoms with Crippen LogP contribution < -0.4 is 10.2 Å². The average Bonchev–Trinajstić information content (AvgIpc) is 2.93. The largest absolute Gasteiger partial charge is 0.484 e. The van der Waals surface area contributed by atoms with Crippen molar-refractivity contribution in [2.75, 3.05) is 6.61 Å². The van der Waals surface area contributed by atoms with Crippen LogP contribution in [0.25, 0.3) is 10.9 Å². The zero-order chi connectivity index (χ0) is 18.7. The standard InChI is InChI=1S/C20H20ClN3O2/c1-12-8-15(9-13(2)20(12)21)26-11-19(25)24-22-10-17-14(3)23-18-7-5-4-6-16(17)18/h4-10,23H,11H2,1-3H3,(H,24,25)/b22-10-. The number of fused-ring (bicyclic) bond motifs is 1. The lowest BCUT2D eigenvalue weighted by Gasteiger charge is -2.09. The number of ether oxygens (including phenoxy) is 1. The van der Waals surface area contributed by atoms with E-state index in [1.165, 1.54) is 0 Å². The molecule has 2 aromatic carbocycles. The maximum atomic E-state index is 11.9. The predicted molar refractivity (Wildman–Crippen MR) is 105 cm³/mol. The molecule has 26 heavy (non-hydrogen) atoms. The molecule has 1 aromatic heterocycles. The van der Waals surface area contributed by atoms with E-state index in [0.717, 1.165) is 33.3 Å². The van der Waals surface area contributed by atoms with Crippen molar-refractivity contribution in [2.45, 2.75) is 20.8 Å². The van der Waals surface area contributed by atoms with E-state index in [9.17, 15) is 4.79 Å². The first-order valence-corrected chi connectivity index (χ1v) is 8.62. The number of aromatic nitrogens is 1. The molecule has 0 radical (unpaired) electrons. The van der Waals surface area contributed by atoms with Crippen LogP contribution in [-0.4, -0.2) is 23.7 Å². The number of aryl methyl sites for hydroxylation is 3. The van der Waals surface area contributed by atoms with Crippen LogP contribution in [0.5, 0.6) is 5.75 Å². The molecule has 0 spiro atoms. The second kappa shape index (κ2) is 7.62. The van der Waals surface area contributed by atoms with Gasteiger partial charge in [0.15, 0.2) is 6.61 Å². The molecular weight excluding hydrogens is 350 g/mol. The zero-order valence-electron chi connectivity index (χ0n) is 14.9. The number of amides is 1. The average molecular weight is 370 g/mol. The van der Waals surface area contributed by atoms with E-state index >= 15 is 0 Å². The van der Waals surface area contributed by atoms with E-state index in [2.05, 4.69) is 15.5 Å². The molecule has 1 amide bonds. The summed E-state index contributed by atoms with van der Waals surface area (Å²) in [6, 6.07) is 11.6. The summed E-state index contributed by atoms with van der Waals surface area (Å²) in [6.45, 7) is 5.65. The highest BCUT2D eigenvalue weighted by Gasteiger charge is 2.07. The van der Waals surface area contributed by atoms with Crippen molar-refractivity contribution in [3.05, 3.63) is 63.8 Å². The summed E-state index contributed by atoms with van der Waals surface area (Å²) in [5.74, 6) is 0.278. The normalized spacial score (nSPS) is 11.2. The number of nitrogens with one attached hydrogen (secondary N) is 2. The van der Waals surface area contributed by atoms with Crippen LogP contribution in [-0.2, 0) is 4.79 Å². The van der Waals surface area contributed by atoms with E-state index in [0.29, 0.717) is 10.8 Å². The molecule has 134 valence electrons. The van der Waals surface area contributed by atoms with Crippen molar-refractivity contribution in [1.82, 2.24) is 10.4 Å². The first-order valence-electron chi connectivity index (χ1n) is 8.24. The van der Waals surface area contributed by atoms with Gasteiger partial charge >= 0.3 is 0 Å². The van der Waals surface area contributed by atoms with Gasteiger partial charge in [-0.2, -0.15) is 5.10 Å². The third-order valence-corrected chi connectivity index (χ3v) is 4.70. The number of para-hydroxylation sites is 1. The first kappa shape index (κ1) is 18.0. The van der Waals surface area contributed by atoms with E-state index < -0.39 is 0 Å². The SMILES string of the molecule is Cc1cc(OCC(=O)N/N=C\c2c(C)[nH]c3ccccc23)cc(C)c1Cl. The van der Waals surface area contributed by atoms with Gasteiger partial charge in [0.05, 0.1) is 6.21 Å². The van der Waals surface area contributed by atoms with Crippen LogP contribution in [0, 0.1) is 20.8 Å². The maximum absolute atomic E-state index is 11.9. The molecule has 0 fully saturated rings. The number of carbonyl (C=O) groups is 1. The summed E-state index contributed by atoms with van der Waals surface area (Å²) in [7, 11) is 0. The van der Waals surface area contributed by atoms with Crippen molar-refractivity contribution in [1.29, 1.82) is 0 Å². The lowest BCUT2D eigenvalue weighted by Crippen LogP contribution is -2.24. The fourth-order valence-electron chi connectivity index (χ4n) is 2.80. The van der Waals surface area contributed by atoms with Crippen molar-refractivity contribution >= 4 is 34.6 Å². The summed E-state index contributed by atoms with van der Waals surface area (Å²) < 4.78 is 5.52. The molecule has 3 rings (SSSR count). The van der Waals surface area contributed by atoms with Crippen LogP contribution in [0.2, 0.25) is 5.02 Å². The van der Waals surface area contributed by atoms with E-state index in [-0.39, 0.29) is 12.5 Å². The smallest absolute Gasteiger partial charge is 0.277 e. The van der Waals surface area contributed by atoms with Gasteiger partial charge in [0, 0.05) is 27.2 Å². The number of carbonyl (C=O) groups excluding carboxylic acids is 1. The third kappa shape index (κ3) is 3.89. The van der Waals surface area contributed by atoms with Crippen molar-refractivity contribution in [2.24, 2.45) is 5.10 Å². The molecule has 6 heteroatoms. The quantitative estimate of drug-likeness (QED) is 0.520. The number of rotatable bonds is 5. The van der Waals surface area contributed by atoms with Gasteiger partial charge in [0.2, 0.25) is 0 Å². The predicted octanol–water partition coefficient (Wildman–Crippen LogP) is 4.28. The lowest BCUT2D eigenvalue weighted by atomic mass is 10.1. The Morgan fingerprint density at radius 3 is 2.65 bits per heavy atom. The fraction of sp³-hybridized carbons (Fsp3) is 0.200. The van der Waals surface area contributed by atoms with Crippen LogP contribution in [0.3, 0.4) is 0 Å². The molecule has 0 atom stereocenters. The monoisotopic (exact) mass is 369 g/mol. The maximum Gasteiger partial charge on any atom is 0.277 e. The highest BCUT2D eigenvalue weighted by atomic mass is 35.5. The summed E-state index contributed by atoms with van der Waals surface area (Å²) in [4.78, 5) is 15.2. The molecule has 0 aliphatic rings. The first-order chi connectivity index (χ1) is 12.5. The van der Waals surface area contributed by atoms with Gasteiger partial charge in [-0.3, -0.25) is 4.79 Å². The Hall–Kier alpha value is -2.79. The van der Waals surface area contributed by atoms with Crippen molar-refractivity contribution in [3.8, 4) is 5.75 Å². The van der Waals surface area contributed by atoms with Gasteiger partial charge in [0.25, 0.3) is 5.91 Å². The number of H-pyrrole nitrogens is 1. The minimum absolute atomic E-state index is 0.120. The molecule has 0 unspecified atom stereocenters.